The third-order valence-electron chi connectivity index (χ3n) is 1.68. The number of amides is 2. The maximum absolute atomic E-state index is 11.4. The van der Waals surface area contributed by atoms with E-state index in [0.29, 0.717) is 13.1 Å². The van der Waals surface area contributed by atoms with Gasteiger partial charge in [-0.25, -0.2) is 9.52 Å². The summed E-state index contributed by atoms with van der Waals surface area (Å²) in [6.07, 6.45) is 1.65. The first-order chi connectivity index (χ1) is 6.44. The Hall–Kier alpha value is -0.820. The Labute approximate surface area is 84.6 Å². The number of unbranched alkanes of at least 4 members (excludes halogenated alkanes) is 1. The molecular formula is C7H17N3O3S. The maximum Gasteiger partial charge on any atom is 0.326 e. The standard InChI is InChI=1S/C7H17N3O3S/c1-3-5-6-10(4-2)14(12,13)9-7(8)11/h3-6H2,1-2H3,(H3,8,9,11). The first-order valence-electron chi connectivity index (χ1n) is 4.51. The van der Waals surface area contributed by atoms with Gasteiger partial charge in [-0.15, -0.1) is 0 Å². The average Bonchev–Trinajstić information content (AvgIpc) is 2.02. The fraction of sp³-hybridized carbons (Fsp3) is 0.857. The van der Waals surface area contributed by atoms with Crippen LogP contribution in [-0.4, -0.2) is 31.8 Å². The van der Waals surface area contributed by atoms with E-state index in [-0.39, 0.29) is 0 Å². The monoisotopic (exact) mass is 223 g/mol. The van der Waals surface area contributed by atoms with Gasteiger partial charge in [0.05, 0.1) is 0 Å². The van der Waals surface area contributed by atoms with Gasteiger partial charge < -0.3 is 5.73 Å². The highest BCUT2D eigenvalue weighted by Crippen LogP contribution is 2.00. The van der Waals surface area contributed by atoms with E-state index in [1.807, 2.05) is 6.92 Å². The highest BCUT2D eigenvalue weighted by atomic mass is 32.2. The molecule has 7 heteroatoms. The van der Waals surface area contributed by atoms with Crippen molar-refractivity contribution in [2.75, 3.05) is 13.1 Å². The van der Waals surface area contributed by atoms with Crippen molar-refractivity contribution in [3.8, 4) is 0 Å². The lowest BCUT2D eigenvalue weighted by Crippen LogP contribution is -2.45. The second-order valence-corrected chi connectivity index (χ2v) is 4.49. The number of hydrogen-bond acceptors (Lipinski definition) is 3. The molecule has 6 nitrogen and oxygen atoms in total. The highest BCUT2D eigenvalue weighted by Gasteiger charge is 2.20. The number of urea groups is 1. The van der Waals surface area contributed by atoms with Crippen molar-refractivity contribution >= 4 is 16.2 Å². The van der Waals surface area contributed by atoms with Crippen molar-refractivity contribution in [2.24, 2.45) is 5.73 Å². The zero-order chi connectivity index (χ0) is 11.2. The van der Waals surface area contributed by atoms with E-state index in [4.69, 9.17) is 5.73 Å². The lowest BCUT2D eigenvalue weighted by atomic mass is 10.3. The van der Waals surface area contributed by atoms with Crippen LogP contribution in [0.4, 0.5) is 4.79 Å². The van der Waals surface area contributed by atoms with Crippen LogP contribution >= 0.6 is 0 Å². The predicted octanol–water partition coefficient (Wildman–Crippen LogP) is 0.0215. The Morgan fingerprint density at radius 2 is 2.00 bits per heavy atom. The molecule has 0 aliphatic carbocycles. The van der Waals surface area contributed by atoms with Gasteiger partial charge in [0.2, 0.25) is 0 Å². The molecule has 2 amide bonds. The van der Waals surface area contributed by atoms with E-state index in [1.165, 1.54) is 4.31 Å². The molecule has 0 atom stereocenters. The number of primary amides is 1. The molecule has 0 aromatic carbocycles. The number of nitrogens with two attached hydrogens (primary N) is 1. The van der Waals surface area contributed by atoms with Crippen LogP contribution in [0.5, 0.6) is 0 Å². The molecule has 0 saturated carbocycles. The zero-order valence-corrected chi connectivity index (χ0v) is 9.30. The smallest absolute Gasteiger partial charge is 0.326 e. The van der Waals surface area contributed by atoms with Gasteiger partial charge in [0.1, 0.15) is 0 Å². The van der Waals surface area contributed by atoms with E-state index >= 15 is 0 Å². The minimum atomic E-state index is -3.74. The quantitative estimate of drug-likeness (QED) is 0.665. The Bertz CT molecular complexity index is 276. The van der Waals surface area contributed by atoms with Crippen molar-refractivity contribution in [1.82, 2.24) is 9.03 Å². The topological polar surface area (TPSA) is 92.5 Å². The summed E-state index contributed by atoms with van der Waals surface area (Å²) in [5.74, 6) is 0. The highest BCUT2D eigenvalue weighted by molar-refractivity contribution is 7.87. The molecular weight excluding hydrogens is 206 g/mol. The summed E-state index contributed by atoms with van der Waals surface area (Å²) in [6.45, 7) is 4.39. The molecule has 0 saturated heterocycles. The summed E-state index contributed by atoms with van der Waals surface area (Å²) in [5, 5.41) is 0. The molecule has 0 spiro atoms. The molecule has 0 rings (SSSR count). The minimum Gasteiger partial charge on any atom is -0.351 e. The summed E-state index contributed by atoms with van der Waals surface area (Å²) in [7, 11) is -3.74. The van der Waals surface area contributed by atoms with Crippen LogP contribution in [0.15, 0.2) is 0 Å². The molecule has 0 aliphatic heterocycles. The Balaban J connectivity index is 4.41. The fourth-order valence-electron chi connectivity index (χ4n) is 0.974. The van der Waals surface area contributed by atoms with Gasteiger partial charge in [0.15, 0.2) is 0 Å². The fourth-order valence-corrected chi connectivity index (χ4v) is 2.07. The van der Waals surface area contributed by atoms with Gasteiger partial charge >= 0.3 is 16.2 Å². The van der Waals surface area contributed by atoms with Gasteiger partial charge in [-0.1, -0.05) is 20.3 Å². The molecule has 0 bridgehead atoms. The van der Waals surface area contributed by atoms with E-state index in [0.717, 1.165) is 12.8 Å². The normalized spacial score (nSPS) is 11.6. The third kappa shape index (κ3) is 4.43. The van der Waals surface area contributed by atoms with Crippen LogP contribution in [0.25, 0.3) is 0 Å². The Morgan fingerprint density at radius 3 is 2.36 bits per heavy atom. The summed E-state index contributed by atoms with van der Waals surface area (Å²) >= 11 is 0. The van der Waals surface area contributed by atoms with Crippen LogP contribution < -0.4 is 10.5 Å². The Morgan fingerprint density at radius 1 is 1.43 bits per heavy atom. The van der Waals surface area contributed by atoms with Crippen LogP contribution in [0.3, 0.4) is 0 Å². The summed E-state index contributed by atoms with van der Waals surface area (Å²) < 4.78 is 25.7. The SMILES string of the molecule is CCCCN(CC)S(=O)(=O)NC(N)=O. The molecule has 84 valence electrons. The molecule has 0 aromatic heterocycles. The van der Waals surface area contributed by atoms with Crippen LogP contribution in [0.1, 0.15) is 26.7 Å². The van der Waals surface area contributed by atoms with Crippen molar-refractivity contribution in [2.45, 2.75) is 26.7 Å². The van der Waals surface area contributed by atoms with Crippen molar-refractivity contribution in [3.63, 3.8) is 0 Å². The molecule has 0 radical (unpaired) electrons. The first kappa shape index (κ1) is 13.2. The Kier molecular flexibility index (Phi) is 5.47. The van der Waals surface area contributed by atoms with Gasteiger partial charge in [-0.05, 0) is 6.42 Å². The van der Waals surface area contributed by atoms with Crippen LogP contribution in [-0.2, 0) is 10.2 Å². The lowest BCUT2D eigenvalue weighted by molar-refractivity contribution is 0.252. The molecule has 0 heterocycles. The molecule has 0 unspecified atom stereocenters. The van der Waals surface area contributed by atoms with Crippen molar-refractivity contribution < 1.29 is 13.2 Å². The molecule has 0 aromatic rings. The van der Waals surface area contributed by atoms with Gasteiger partial charge in [-0.3, -0.25) is 0 Å². The summed E-state index contributed by atoms with van der Waals surface area (Å²) in [4.78, 5) is 10.4. The summed E-state index contributed by atoms with van der Waals surface area (Å²) in [6, 6.07) is -1.06. The number of carbonyl (C=O) groups excluding carboxylic acids is 1. The molecule has 0 aliphatic rings. The van der Waals surface area contributed by atoms with Gasteiger partial charge in [-0.2, -0.15) is 12.7 Å². The van der Waals surface area contributed by atoms with E-state index in [1.54, 1.807) is 11.6 Å². The minimum absolute atomic E-state index is 0.322. The molecule has 3 N–H and O–H groups in total. The number of nitrogens with one attached hydrogen (secondary N) is 1. The van der Waals surface area contributed by atoms with E-state index < -0.39 is 16.2 Å². The number of carbonyl (C=O) groups is 1. The largest absolute Gasteiger partial charge is 0.351 e. The van der Waals surface area contributed by atoms with E-state index in [2.05, 4.69) is 0 Å². The van der Waals surface area contributed by atoms with Crippen LogP contribution in [0.2, 0.25) is 0 Å². The van der Waals surface area contributed by atoms with Crippen molar-refractivity contribution in [1.29, 1.82) is 0 Å². The third-order valence-corrected chi connectivity index (χ3v) is 3.26. The predicted molar refractivity (Wildman–Crippen MR) is 53.8 cm³/mol. The maximum atomic E-state index is 11.4. The van der Waals surface area contributed by atoms with E-state index in [9.17, 15) is 13.2 Å². The average molecular weight is 223 g/mol. The second kappa shape index (κ2) is 5.82. The zero-order valence-electron chi connectivity index (χ0n) is 8.49. The lowest BCUT2D eigenvalue weighted by Gasteiger charge is -2.19. The van der Waals surface area contributed by atoms with Gasteiger partial charge in [0.25, 0.3) is 0 Å². The molecule has 14 heavy (non-hydrogen) atoms. The van der Waals surface area contributed by atoms with Crippen molar-refractivity contribution in [3.05, 3.63) is 0 Å². The number of hydrogen-bond donors (Lipinski definition) is 2. The number of rotatable bonds is 6. The molecule has 0 fully saturated rings. The first-order valence-corrected chi connectivity index (χ1v) is 5.95. The van der Waals surface area contributed by atoms with Crippen LogP contribution in [0, 0.1) is 0 Å². The summed E-state index contributed by atoms with van der Waals surface area (Å²) in [5.41, 5.74) is 4.74. The number of nitrogens with zero attached hydrogens (tertiary/aromatic N) is 1. The second-order valence-electron chi connectivity index (χ2n) is 2.82. The van der Waals surface area contributed by atoms with Gasteiger partial charge in [0, 0.05) is 13.1 Å².